The van der Waals surface area contributed by atoms with Gasteiger partial charge in [0, 0.05) is 11.9 Å². The first kappa shape index (κ1) is 14.5. The highest BCUT2D eigenvalue weighted by Crippen LogP contribution is 2.22. The van der Waals surface area contributed by atoms with Gasteiger partial charge in [0.2, 0.25) is 0 Å². The average Bonchev–Trinajstić information content (AvgIpc) is 2.29. The van der Waals surface area contributed by atoms with Gasteiger partial charge < -0.3 is 5.73 Å². The van der Waals surface area contributed by atoms with Gasteiger partial charge in [-0.1, -0.05) is 24.3 Å². The van der Waals surface area contributed by atoms with Crippen molar-refractivity contribution < 1.29 is 8.42 Å². The molecule has 0 bridgehead atoms. The maximum absolute atomic E-state index is 11.3. The molecule has 0 atom stereocenters. The zero-order chi connectivity index (χ0) is 12.5. The Kier molecular flexibility index (Phi) is 4.38. The molecular formula is C13H14ClNO2S. The quantitative estimate of drug-likeness (QED) is 0.862. The average molecular weight is 284 g/mol. The summed E-state index contributed by atoms with van der Waals surface area (Å²) in [4.78, 5) is 0.330. The second-order valence-electron chi connectivity index (χ2n) is 3.92. The number of hydrogen-bond acceptors (Lipinski definition) is 3. The van der Waals surface area contributed by atoms with Crippen LogP contribution in [0.2, 0.25) is 0 Å². The highest BCUT2D eigenvalue weighted by Gasteiger charge is 2.06. The molecule has 2 N–H and O–H groups in total. The van der Waals surface area contributed by atoms with Gasteiger partial charge in [-0.3, -0.25) is 0 Å². The lowest BCUT2D eigenvalue weighted by Gasteiger charge is -2.03. The number of hydrogen-bond donors (Lipinski definition) is 1. The molecular weight excluding hydrogens is 270 g/mol. The van der Waals surface area contributed by atoms with Crippen LogP contribution in [-0.2, 0) is 9.84 Å². The van der Waals surface area contributed by atoms with Crippen LogP contribution in [0.5, 0.6) is 0 Å². The number of nitrogen functional groups attached to an aromatic ring is 1. The summed E-state index contributed by atoms with van der Waals surface area (Å²) in [6.07, 6.45) is 1.20. The van der Waals surface area contributed by atoms with Crippen LogP contribution in [0.25, 0.3) is 11.1 Å². The molecule has 0 aromatic heterocycles. The third-order valence-electron chi connectivity index (χ3n) is 2.53. The van der Waals surface area contributed by atoms with Crippen molar-refractivity contribution in [3.63, 3.8) is 0 Å². The van der Waals surface area contributed by atoms with Crippen molar-refractivity contribution in [3.05, 3.63) is 48.5 Å². The minimum atomic E-state index is -3.13. The van der Waals surface area contributed by atoms with Crippen molar-refractivity contribution in [2.75, 3.05) is 12.0 Å². The fourth-order valence-corrected chi connectivity index (χ4v) is 2.20. The second kappa shape index (κ2) is 5.42. The zero-order valence-corrected chi connectivity index (χ0v) is 11.5. The van der Waals surface area contributed by atoms with Gasteiger partial charge in [-0.15, -0.1) is 12.4 Å². The van der Waals surface area contributed by atoms with E-state index in [1.54, 1.807) is 24.3 Å². The van der Waals surface area contributed by atoms with Gasteiger partial charge in [-0.05, 0) is 35.4 Å². The summed E-state index contributed by atoms with van der Waals surface area (Å²) in [7, 11) is -3.13. The van der Waals surface area contributed by atoms with E-state index >= 15 is 0 Å². The van der Waals surface area contributed by atoms with Gasteiger partial charge in [0.05, 0.1) is 4.90 Å². The SMILES string of the molecule is CS(=O)(=O)c1ccc(-c2ccc(N)cc2)cc1.Cl. The van der Waals surface area contributed by atoms with E-state index in [9.17, 15) is 8.42 Å². The molecule has 0 saturated carbocycles. The number of halogens is 1. The standard InChI is InChI=1S/C13H13NO2S.ClH/c1-17(15,16)13-8-4-11(5-9-13)10-2-6-12(14)7-3-10;/h2-9H,14H2,1H3;1H. The van der Waals surface area contributed by atoms with Crippen LogP contribution in [0.15, 0.2) is 53.4 Å². The van der Waals surface area contributed by atoms with E-state index in [-0.39, 0.29) is 12.4 Å². The Hall–Kier alpha value is -1.52. The maximum atomic E-state index is 11.3. The molecule has 0 radical (unpaired) electrons. The predicted octanol–water partition coefficient (Wildman–Crippen LogP) is 2.76. The van der Waals surface area contributed by atoms with Gasteiger partial charge >= 0.3 is 0 Å². The molecule has 0 saturated heterocycles. The van der Waals surface area contributed by atoms with E-state index in [2.05, 4.69) is 0 Å². The lowest BCUT2D eigenvalue weighted by molar-refractivity contribution is 0.602. The monoisotopic (exact) mass is 283 g/mol. The molecule has 0 amide bonds. The number of nitrogens with two attached hydrogens (primary N) is 1. The maximum Gasteiger partial charge on any atom is 0.175 e. The first-order valence-corrected chi connectivity index (χ1v) is 7.02. The molecule has 5 heteroatoms. The van der Waals surface area contributed by atoms with E-state index in [0.29, 0.717) is 10.6 Å². The fraction of sp³-hybridized carbons (Fsp3) is 0.0769. The summed E-state index contributed by atoms with van der Waals surface area (Å²) in [6.45, 7) is 0. The minimum absolute atomic E-state index is 0. The Bertz CT molecular complexity index is 619. The number of sulfone groups is 1. The van der Waals surface area contributed by atoms with E-state index in [1.807, 2.05) is 24.3 Å². The Balaban J connectivity index is 0.00000162. The van der Waals surface area contributed by atoms with E-state index in [4.69, 9.17) is 5.73 Å². The molecule has 0 spiro atoms. The summed E-state index contributed by atoms with van der Waals surface area (Å²) in [5.74, 6) is 0. The largest absolute Gasteiger partial charge is 0.399 e. The van der Waals surface area contributed by atoms with Gasteiger partial charge in [-0.25, -0.2) is 8.42 Å². The van der Waals surface area contributed by atoms with Crippen molar-refractivity contribution in [1.82, 2.24) is 0 Å². The third-order valence-corrected chi connectivity index (χ3v) is 3.65. The van der Waals surface area contributed by atoms with Crippen LogP contribution in [0.4, 0.5) is 5.69 Å². The lowest BCUT2D eigenvalue weighted by atomic mass is 10.1. The van der Waals surface area contributed by atoms with Crippen molar-refractivity contribution in [2.45, 2.75) is 4.90 Å². The molecule has 2 aromatic carbocycles. The van der Waals surface area contributed by atoms with Gasteiger partial charge in [0.1, 0.15) is 0 Å². The Morgan fingerprint density at radius 2 is 1.22 bits per heavy atom. The molecule has 2 aromatic rings. The molecule has 0 unspecified atom stereocenters. The van der Waals surface area contributed by atoms with Gasteiger partial charge in [0.25, 0.3) is 0 Å². The Morgan fingerprint density at radius 1 is 0.833 bits per heavy atom. The molecule has 3 nitrogen and oxygen atoms in total. The first-order chi connectivity index (χ1) is 7.97. The fourth-order valence-electron chi connectivity index (χ4n) is 1.57. The molecule has 0 fully saturated rings. The summed E-state index contributed by atoms with van der Waals surface area (Å²) < 4.78 is 22.6. The van der Waals surface area contributed by atoms with Crippen molar-refractivity contribution in [3.8, 4) is 11.1 Å². The third kappa shape index (κ3) is 3.24. The molecule has 0 heterocycles. The smallest absolute Gasteiger partial charge is 0.175 e. The zero-order valence-electron chi connectivity index (χ0n) is 9.83. The molecule has 0 aliphatic carbocycles. The van der Waals surface area contributed by atoms with Crippen molar-refractivity contribution in [1.29, 1.82) is 0 Å². The van der Waals surface area contributed by atoms with Crippen LogP contribution in [-0.4, -0.2) is 14.7 Å². The van der Waals surface area contributed by atoms with Crippen LogP contribution in [0.1, 0.15) is 0 Å². The summed E-state index contributed by atoms with van der Waals surface area (Å²) >= 11 is 0. The summed E-state index contributed by atoms with van der Waals surface area (Å²) in [6, 6.07) is 14.3. The molecule has 18 heavy (non-hydrogen) atoms. The Morgan fingerprint density at radius 3 is 1.61 bits per heavy atom. The summed E-state index contributed by atoms with van der Waals surface area (Å²) in [5.41, 5.74) is 8.30. The van der Waals surface area contributed by atoms with Crippen molar-refractivity contribution in [2.24, 2.45) is 0 Å². The van der Waals surface area contributed by atoms with Crippen LogP contribution < -0.4 is 5.73 Å². The molecule has 0 aliphatic rings. The normalized spacial score (nSPS) is 10.7. The minimum Gasteiger partial charge on any atom is -0.399 e. The van der Waals surface area contributed by atoms with E-state index < -0.39 is 9.84 Å². The van der Waals surface area contributed by atoms with E-state index in [0.717, 1.165) is 11.1 Å². The first-order valence-electron chi connectivity index (χ1n) is 5.13. The summed E-state index contributed by atoms with van der Waals surface area (Å²) in [5, 5.41) is 0. The number of benzene rings is 2. The lowest BCUT2D eigenvalue weighted by Crippen LogP contribution is -1.96. The second-order valence-corrected chi connectivity index (χ2v) is 5.93. The predicted molar refractivity (Wildman–Crippen MR) is 76.6 cm³/mol. The molecule has 0 aliphatic heterocycles. The topological polar surface area (TPSA) is 60.2 Å². The highest BCUT2D eigenvalue weighted by molar-refractivity contribution is 7.90. The number of anilines is 1. The van der Waals surface area contributed by atoms with Gasteiger partial charge in [-0.2, -0.15) is 0 Å². The molecule has 96 valence electrons. The van der Waals surface area contributed by atoms with Crippen molar-refractivity contribution >= 4 is 27.9 Å². The van der Waals surface area contributed by atoms with Gasteiger partial charge in [0.15, 0.2) is 9.84 Å². The van der Waals surface area contributed by atoms with E-state index in [1.165, 1.54) is 6.26 Å². The number of rotatable bonds is 2. The highest BCUT2D eigenvalue weighted by atomic mass is 35.5. The van der Waals surface area contributed by atoms with Crippen LogP contribution in [0, 0.1) is 0 Å². The van der Waals surface area contributed by atoms with Crippen LogP contribution in [0.3, 0.4) is 0 Å². The molecule has 2 rings (SSSR count). The Labute approximate surface area is 113 Å². The van der Waals surface area contributed by atoms with Crippen LogP contribution >= 0.6 is 12.4 Å².